The molecule has 1 amide bonds. The summed E-state index contributed by atoms with van der Waals surface area (Å²) in [5.41, 5.74) is 8.13. The Morgan fingerprint density at radius 1 is 1.14 bits per heavy atom. The van der Waals surface area contributed by atoms with Gasteiger partial charge in [-0.3, -0.25) is 9.59 Å². The summed E-state index contributed by atoms with van der Waals surface area (Å²) < 4.78 is 0. The summed E-state index contributed by atoms with van der Waals surface area (Å²) in [6, 6.07) is 11.1. The Balaban J connectivity index is 1.99. The van der Waals surface area contributed by atoms with Crippen LogP contribution in [0.2, 0.25) is 0 Å². The number of carbonyl (C=O) groups is 1. The van der Waals surface area contributed by atoms with Crippen molar-refractivity contribution in [2.75, 3.05) is 6.54 Å². The molecule has 1 aromatic carbocycles. The molecule has 0 aliphatic carbocycles. The molecule has 0 radical (unpaired) electrons. The highest BCUT2D eigenvalue weighted by Crippen LogP contribution is 2.05. The molecular weight excluding hydrogens is 266 g/mol. The molecule has 5 heteroatoms. The van der Waals surface area contributed by atoms with Gasteiger partial charge in [0.2, 0.25) is 0 Å². The molecule has 2 rings (SSSR count). The van der Waals surface area contributed by atoms with Gasteiger partial charge in [-0.2, -0.15) is 0 Å². The molecule has 0 bridgehead atoms. The van der Waals surface area contributed by atoms with Crippen LogP contribution in [-0.4, -0.2) is 17.4 Å². The number of pyridine rings is 1. The molecule has 4 N–H and O–H groups in total. The molecule has 21 heavy (non-hydrogen) atoms. The van der Waals surface area contributed by atoms with Crippen LogP contribution in [-0.2, 0) is 13.0 Å². The second-order valence-electron chi connectivity index (χ2n) is 4.92. The molecule has 0 atom stereocenters. The van der Waals surface area contributed by atoms with E-state index in [1.54, 1.807) is 13.0 Å². The third kappa shape index (κ3) is 4.03. The smallest absolute Gasteiger partial charge is 0.260 e. The molecule has 0 saturated heterocycles. The molecule has 0 unspecified atom stereocenters. The average molecular weight is 285 g/mol. The molecule has 0 spiro atoms. The number of rotatable bonds is 5. The molecule has 2 aromatic rings. The Labute approximate surface area is 123 Å². The second kappa shape index (κ2) is 6.85. The van der Waals surface area contributed by atoms with E-state index in [0.717, 1.165) is 17.7 Å². The van der Waals surface area contributed by atoms with Gasteiger partial charge >= 0.3 is 0 Å². The third-order valence-corrected chi connectivity index (χ3v) is 3.21. The van der Waals surface area contributed by atoms with Crippen LogP contribution in [0.15, 0.2) is 41.2 Å². The normalized spacial score (nSPS) is 10.4. The van der Waals surface area contributed by atoms with Crippen LogP contribution < -0.4 is 16.6 Å². The predicted octanol–water partition coefficient (Wildman–Crippen LogP) is 1.11. The fraction of sp³-hybridized carbons (Fsp3) is 0.250. The van der Waals surface area contributed by atoms with Gasteiger partial charge in [-0.1, -0.05) is 24.3 Å². The van der Waals surface area contributed by atoms with Crippen LogP contribution in [0.3, 0.4) is 0 Å². The van der Waals surface area contributed by atoms with E-state index < -0.39 is 0 Å². The summed E-state index contributed by atoms with van der Waals surface area (Å²) in [5.74, 6) is -0.373. The Hall–Kier alpha value is -2.40. The maximum absolute atomic E-state index is 12.0. The van der Waals surface area contributed by atoms with Crippen molar-refractivity contribution in [3.63, 3.8) is 0 Å². The van der Waals surface area contributed by atoms with Gasteiger partial charge in [-0.15, -0.1) is 0 Å². The molecule has 1 heterocycles. The summed E-state index contributed by atoms with van der Waals surface area (Å²) in [6.07, 6.45) is 0.839. The molecule has 0 fully saturated rings. The first-order valence-corrected chi connectivity index (χ1v) is 6.86. The van der Waals surface area contributed by atoms with Gasteiger partial charge in [-0.25, -0.2) is 0 Å². The first-order valence-electron chi connectivity index (χ1n) is 6.86. The summed E-state index contributed by atoms with van der Waals surface area (Å²) in [4.78, 5) is 26.3. The second-order valence-corrected chi connectivity index (χ2v) is 4.92. The van der Waals surface area contributed by atoms with E-state index in [0.29, 0.717) is 13.1 Å². The maximum atomic E-state index is 12.0. The van der Waals surface area contributed by atoms with E-state index in [9.17, 15) is 9.59 Å². The van der Waals surface area contributed by atoms with Crippen LogP contribution in [0.4, 0.5) is 0 Å². The molecule has 110 valence electrons. The lowest BCUT2D eigenvalue weighted by atomic mass is 10.1. The van der Waals surface area contributed by atoms with E-state index in [2.05, 4.69) is 10.3 Å². The van der Waals surface area contributed by atoms with Crippen LogP contribution in [0.5, 0.6) is 0 Å². The minimum absolute atomic E-state index is 0.125. The van der Waals surface area contributed by atoms with E-state index >= 15 is 0 Å². The lowest BCUT2D eigenvalue weighted by molar-refractivity contribution is 0.0949. The Bertz CT molecular complexity index is 675. The molecule has 0 saturated carbocycles. The Morgan fingerprint density at radius 3 is 2.43 bits per heavy atom. The van der Waals surface area contributed by atoms with Crippen LogP contribution in [0, 0.1) is 6.92 Å². The quantitative estimate of drug-likeness (QED) is 0.769. The highest BCUT2D eigenvalue weighted by atomic mass is 16.2. The SMILES string of the molecule is Cc1ccc(C(=O)NCc2ccc(CCN)cc2)c(=O)[nH]1. The minimum atomic E-state index is -0.373. The van der Waals surface area contributed by atoms with Gasteiger partial charge in [0, 0.05) is 12.2 Å². The lowest BCUT2D eigenvalue weighted by Gasteiger charge is -2.06. The number of hydrogen-bond donors (Lipinski definition) is 3. The monoisotopic (exact) mass is 285 g/mol. The zero-order chi connectivity index (χ0) is 15.2. The van der Waals surface area contributed by atoms with Crippen LogP contribution in [0.25, 0.3) is 0 Å². The summed E-state index contributed by atoms with van der Waals surface area (Å²) in [7, 11) is 0. The van der Waals surface area contributed by atoms with Crippen molar-refractivity contribution in [3.8, 4) is 0 Å². The number of H-pyrrole nitrogens is 1. The first-order chi connectivity index (χ1) is 10.1. The summed E-state index contributed by atoms with van der Waals surface area (Å²) in [5, 5.41) is 2.74. The zero-order valence-electron chi connectivity index (χ0n) is 12.0. The highest BCUT2D eigenvalue weighted by Gasteiger charge is 2.09. The number of hydrogen-bond acceptors (Lipinski definition) is 3. The number of nitrogens with one attached hydrogen (secondary N) is 2. The molecule has 0 aliphatic heterocycles. The van der Waals surface area contributed by atoms with Crippen molar-refractivity contribution in [2.45, 2.75) is 19.9 Å². The largest absolute Gasteiger partial charge is 0.348 e. The number of aryl methyl sites for hydroxylation is 1. The van der Waals surface area contributed by atoms with Crippen molar-refractivity contribution in [1.82, 2.24) is 10.3 Å². The van der Waals surface area contributed by atoms with Crippen molar-refractivity contribution in [3.05, 3.63) is 69.1 Å². The van der Waals surface area contributed by atoms with E-state index in [4.69, 9.17) is 5.73 Å². The zero-order valence-corrected chi connectivity index (χ0v) is 12.0. The Kier molecular flexibility index (Phi) is 4.90. The fourth-order valence-electron chi connectivity index (χ4n) is 2.02. The third-order valence-electron chi connectivity index (χ3n) is 3.21. The van der Waals surface area contributed by atoms with Crippen molar-refractivity contribution in [1.29, 1.82) is 0 Å². The number of amides is 1. The van der Waals surface area contributed by atoms with Gasteiger partial charge in [0.05, 0.1) is 0 Å². The fourth-order valence-corrected chi connectivity index (χ4v) is 2.02. The van der Waals surface area contributed by atoms with E-state index in [1.165, 1.54) is 11.6 Å². The molecule has 0 aliphatic rings. The van der Waals surface area contributed by atoms with Gasteiger partial charge in [0.25, 0.3) is 11.5 Å². The average Bonchev–Trinajstić information content (AvgIpc) is 2.46. The van der Waals surface area contributed by atoms with Gasteiger partial charge < -0.3 is 16.0 Å². The topological polar surface area (TPSA) is 88.0 Å². The van der Waals surface area contributed by atoms with Gasteiger partial charge in [0.15, 0.2) is 0 Å². The summed E-state index contributed by atoms with van der Waals surface area (Å²) in [6.45, 7) is 2.77. The van der Waals surface area contributed by atoms with Crippen molar-refractivity contribution in [2.24, 2.45) is 5.73 Å². The number of carbonyl (C=O) groups excluding carboxylic acids is 1. The number of benzene rings is 1. The van der Waals surface area contributed by atoms with Crippen LogP contribution in [0.1, 0.15) is 27.2 Å². The standard InChI is InChI=1S/C16H19N3O2/c1-11-2-7-14(16(21)19-11)15(20)18-10-13-5-3-12(4-6-13)8-9-17/h2-7H,8-10,17H2,1H3,(H,18,20)(H,19,21). The Morgan fingerprint density at radius 2 is 1.81 bits per heavy atom. The first kappa shape index (κ1) is 15.0. The van der Waals surface area contributed by atoms with Gasteiger partial charge in [0.1, 0.15) is 5.56 Å². The lowest BCUT2D eigenvalue weighted by Crippen LogP contribution is -2.29. The van der Waals surface area contributed by atoms with Crippen molar-refractivity contribution >= 4 is 5.91 Å². The van der Waals surface area contributed by atoms with Crippen LogP contribution >= 0.6 is 0 Å². The summed E-state index contributed by atoms with van der Waals surface area (Å²) >= 11 is 0. The molecular formula is C16H19N3O2. The predicted molar refractivity (Wildman–Crippen MR) is 82.2 cm³/mol. The van der Waals surface area contributed by atoms with E-state index in [-0.39, 0.29) is 17.0 Å². The molecule has 1 aromatic heterocycles. The van der Waals surface area contributed by atoms with Crippen molar-refractivity contribution < 1.29 is 4.79 Å². The van der Waals surface area contributed by atoms with E-state index in [1.807, 2.05) is 24.3 Å². The number of nitrogens with two attached hydrogens (primary N) is 1. The maximum Gasteiger partial charge on any atom is 0.260 e. The molecule has 5 nitrogen and oxygen atoms in total. The minimum Gasteiger partial charge on any atom is -0.348 e. The number of aromatic nitrogens is 1. The van der Waals surface area contributed by atoms with Gasteiger partial charge in [-0.05, 0) is 43.1 Å². The number of aromatic amines is 1. The highest BCUT2D eigenvalue weighted by molar-refractivity contribution is 5.93.